The normalized spacial score (nSPS) is 10.0. The standard InChI is InChI=1S/C14H14ClN5O2/c15-12-10(3-1-4-18-12)13(21)19-5-2-6-20-14(22)11-9-16-7-8-17-11/h1,3-4,7-9H,2,5-6H2,(H,19,21)(H,20,22). The number of hydrogen-bond donors (Lipinski definition) is 2. The molecule has 0 aliphatic heterocycles. The second-order valence-corrected chi connectivity index (χ2v) is 4.66. The van der Waals surface area contributed by atoms with E-state index in [0.29, 0.717) is 25.1 Å². The number of pyridine rings is 1. The molecule has 2 heterocycles. The van der Waals surface area contributed by atoms with Crippen molar-refractivity contribution in [3.8, 4) is 0 Å². The Kier molecular flexibility index (Phi) is 5.79. The van der Waals surface area contributed by atoms with Gasteiger partial charge in [0.25, 0.3) is 11.8 Å². The number of halogens is 1. The predicted molar refractivity (Wildman–Crippen MR) is 80.6 cm³/mol. The van der Waals surface area contributed by atoms with Crippen molar-refractivity contribution in [2.75, 3.05) is 13.1 Å². The molecule has 2 rings (SSSR count). The summed E-state index contributed by atoms with van der Waals surface area (Å²) in [6, 6.07) is 3.24. The van der Waals surface area contributed by atoms with E-state index in [-0.39, 0.29) is 22.7 Å². The van der Waals surface area contributed by atoms with Crippen LogP contribution in [0.15, 0.2) is 36.9 Å². The van der Waals surface area contributed by atoms with Crippen molar-refractivity contribution in [3.63, 3.8) is 0 Å². The molecule has 0 aromatic carbocycles. The van der Waals surface area contributed by atoms with E-state index in [2.05, 4.69) is 25.6 Å². The first-order valence-electron chi connectivity index (χ1n) is 6.61. The Morgan fingerprint density at radius 3 is 2.50 bits per heavy atom. The van der Waals surface area contributed by atoms with E-state index in [1.54, 1.807) is 12.1 Å². The number of carbonyl (C=O) groups excluding carboxylic acids is 2. The number of aromatic nitrogens is 3. The number of nitrogens with zero attached hydrogens (tertiary/aromatic N) is 3. The molecule has 0 unspecified atom stereocenters. The Morgan fingerprint density at radius 2 is 1.82 bits per heavy atom. The van der Waals surface area contributed by atoms with E-state index in [0.717, 1.165) is 0 Å². The molecule has 114 valence electrons. The average Bonchev–Trinajstić information content (AvgIpc) is 2.55. The molecule has 0 spiro atoms. The lowest BCUT2D eigenvalue weighted by Crippen LogP contribution is -2.30. The lowest BCUT2D eigenvalue weighted by Gasteiger charge is -2.07. The fourth-order valence-electron chi connectivity index (χ4n) is 1.65. The van der Waals surface area contributed by atoms with Crippen molar-refractivity contribution in [3.05, 3.63) is 53.3 Å². The van der Waals surface area contributed by atoms with Crippen LogP contribution in [-0.2, 0) is 0 Å². The fraction of sp³-hybridized carbons (Fsp3) is 0.214. The first-order valence-corrected chi connectivity index (χ1v) is 6.99. The van der Waals surface area contributed by atoms with Crippen molar-refractivity contribution >= 4 is 23.4 Å². The molecule has 2 N–H and O–H groups in total. The van der Waals surface area contributed by atoms with Crippen molar-refractivity contribution < 1.29 is 9.59 Å². The first-order chi connectivity index (χ1) is 10.7. The van der Waals surface area contributed by atoms with E-state index in [1.165, 1.54) is 24.8 Å². The Bertz CT molecular complexity index is 651. The number of amides is 2. The second-order valence-electron chi connectivity index (χ2n) is 4.30. The molecule has 2 aromatic heterocycles. The highest BCUT2D eigenvalue weighted by atomic mass is 35.5. The predicted octanol–water partition coefficient (Wildman–Crippen LogP) is 1.07. The minimum absolute atomic E-state index is 0.163. The van der Waals surface area contributed by atoms with E-state index in [9.17, 15) is 9.59 Å². The van der Waals surface area contributed by atoms with Crippen LogP contribution >= 0.6 is 11.6 Å². The number of rotatable bonds is 6. The lowest BCUT2D eigenvalue weighted by molar-refractivity contribution is 0.0947. The van der Waals surface area contributed by atoms with Crippen LogP contribution in [0.25, 0.3) is 0 Å². The molecule has 0 aliphatic carbocycles. The van der Waals surface area contributed by atoms with Gasteiger partial charge < -0.3 is 10.6 Å². The monoisotopic (exact) mass is 319 g/mol. The van der Waals surface area contributed by atoms with Gasteiger partial charge in [0.1, 0.15) is 10.8 Å². The van der Waals surface area contributed by atoms with Crippen LogP contribution in [0.5, 0.6) is 0 Å². The summed E-state index contributed by atoms with van der Waals surface area (Å²) in [4.78, 5) is 35.1. The maximum Gasteiger partial charge on any atom is 0.271 e. The summed E-state index contributed by atoms with van der Waals surface area (Å²) in [7, 11) is 0. The first kappa shape index (κ1) is 15.8. The molecule has 2 amide bonds. The van der Waals surface area contributed by atoms with Gasteiger partial charge in [-0.25, -0.2) is 9.97 Å². The molecule has 0 saturated carbocycles. The van der Waals surface area contributed by atoms with Crippen molar-refractivity contribution in [1.29, 1.82) is 0 Å². The van der Waals surface area contributed by atoms with Gasteiger partial charge in [-0.3, -0.25) is 14.6 Å². The Labute approximate surface area is 132 Å². The van der Waals surface area contributed by atoms with Gasteiger partial charge in [-0.2, -0.15) is 0 Å². The molecular weight excluding hydrogens is 306 g/mol. The number of nitrogens with one attached hydrogen (secondary N) is 2. The summed E-state index contributed by atoms with van der Waals surface area (Å²) in [5.74, 6) is -0.590. The van der Waals surface area contributed by atoms with Gasteiger partial charge in [0.2, 0.25) is 0 Å². The average molecular weight is 320 g/mol. The topological polar surface area (TPSA) is 96.9 Å². The number of hydrogen-bond acceptors (Lipinski definition) is 5. The summed E-state index contributed by atoms with van der Waals surface area (Å²) in [6.07, 6.45) is 6.43. The molecule has 0 aliphatic rings. The quantitative estimate of drug-likeness (QED) is 0.613. The van der Waals surface area contributed by atoms with Crippen LogP contribution in [0.1, 0.15) is 27.3 Å². The summed E-state index contributed by atoms with van der Waals surface area (Å²) in [5, 5.41) is 5.57. The number of carbonyl (C=O) groups is 2. The maximum atomic E-state index is 11.8. The molecular formula is C14H14ClN5O2. The van der Waals surface area contributed by atoms with E-state index < -0.39 is 0 Å². The summed E-state index contributed by atoms with van der Waals surface area (Å²) >= 11 is 5.83. The summed E-state index contributed by atoms with van der Waals surface area (Å²) in [5.41, 5.74) is 0.585. The highest BCUT2D eigenvalue weighted by Gasteiger charge is 2.10. The molecule has 0 atom stereocenters. The molecule has 22 heavy (non-hydrogen) atoms. The smallest absolute Gasteiger partial charge is 0.271 e. The van der Waals surface area contributed by atoms with E-state index >= 15 is 0 Å². The highest BCUT2D eigenvalue weighted by molar-refractivity contribution is 6.32. The van der Waals surface area contributed by atoms with Crippen LogP contribution in [0, 0.1) is 0 Å². The van der Waals surface area contributed by atoms with E-state index in [4.69, 9.17) is 11.6 Å². The van der Waals surface area contributed by atoms with Crippen LogP contribution in [-0.4, -0.2) is 39.9 Å². The molecule has 0 radical (unpaired) electrons. The van der Waals surface area contributed by atoms with Gasteiger partial charge >= 0.3 is 0 Å². The molecule has 0 saturated heterocycles. The van der Waals surface area contributed by atoms with Gasteiger partial charge in [0, 0.05) is 31.7 Å². The second kappa shape index (κ2) is 8.04. The van der Waals surface area contributed by atoms with Crippen LogP contribution < -0.4 is 10.6 Å². The largest absolute Gasteiger partial charge is 0.352 e. The molecule has 2 aromatic rings. The zero-order valence-corrected chi connectivity index (χ0v) is 12.4. The Hall–Kier alpha value is -2.54. The van der Waals surface area contributed by atoms with Gasteiger partial charge in [0.15, 0.2) is 0 Å². The highest BCUT2D eigenvalue weighted by Crippen LogP contribution is 2.10. The van der Waals surface area contributed by atoms with Gasteiger partial charge in [-0.05, 0) is 18.6 Å². The van der Waals surface area contributed by atoms with E-state index in [1.807, 2.05) is 0 Å². The molecule has 7 nitrogen and oxygen atoms in total. The fourth-order valence-corrected chi connectivity index (χ4v) is 1.85. The van der Waals surface area contributed by atoms with Crippen LogP contribution in [0.4, 0.5) is 0 Å². The molecule has 0 bridgehead atoms. The van der Waals surface area contributed by atoms with Crippen molar-refractivity contribution in [1.82, 2.24) is 25.6 Å². The third-order valence-corrected chi connectivity index (χ3v) is 3.03. The zero-order valence-electron chi connectivity index (χ0n) is 11.6. The third-order valence-electron chi connectivity index (χ3n) is 2.72. The van der Waals surface area contributed by atoms with Crippen LogP contribution in [0.3, 0.4) is 0 Å². The zero-order chi connectivity index (χ0) is 15.8. The Balaban J connectivity index is 1.69. The SMILES string of the molecule is O=C(NCCCNC(=O)c1cccnc1Cl)c1cnccn1. The maximum absolute atomic E-state index is 11.8. The summed E-state index contributed by atoms with van der Waals surface area (Å²) < 4.78 is 0. The van der Waals surface area contributed by atoms with Crippen LogP contribution in [0.2, 0.25) is 5.15 Å². The minimum Gasteiger partial charge on any atom is -0.352 e. The summed E-state index contributed by atoms with van der Waals surface area (Å²) in [6.45, 7) is 0.821. The van der Waals surface area contributed by atoms with Gasteiger partial charge in [-0.1, -0.05) is 11.6 Å². The van der Waals surface area contributed by atoms with Gasteiger partial charge in [0.05, 0.1) is 11.8 Å². The third kappa shape index (κ3) is 4.49. The molecule has 0 fully saturated rings. The van der Waals surface area contributed by atoms with Crippen molar-refractivity contribution in [2.45, 2.75) is 6.42 Å². The lowest BCUT2D eigenvalue weighted by atomic mass is 10.2. The minimum atomic E-state index is -0.297. The Morgan fingerprint density at radius 1 is 1.05 bits per heavy atom. The van der Waals surface area contributed by atoms with Gasteiger partial charge in [-0.15, -0.1) is 0 Å². The van der Waals surface area contributed by atoms with Crippen molar-refractivity contribution in [2.24, 2.45) is 0 Å². The molecule has 8 heteroatoms.